The molecule has 0 radical (unpaired) electrons. The maximum atomic E-state index is 14.2. The Labute approximate surface area is 320 Å². The van der Waals surface area contributed by atoms with E-state index in [1.807, 2.05) is 4.90 Å². The van der Waals surface area contributed by atoms with Gasteiger partial charge in [-0.2, -0.15) is 13.2 Å². The SMILES string of the molecule is Cc1c(-c2ccc(CC3CCN(CC(=O)C4CCN(c5ccc(NC6CCC(=O)NC6=O)cc5C(F)(F)F)CC4)CC3)c(OC(F)(F)F)c2)cn(C)c(=O)c1C. The molecule has 3 aliphatic heterocycles. The molecule has 1 atom stereocenters. The highest BCUT2D eigenvalue weighted by Crippen LogP contribution is 2.40. The van der Waals surface area contributed by atoms with Gasteiger partial charge in [-0.3, -0.25) is 29.4 Å². The van der Waals surface area contributed by atoms with E-state index in [1.165, 1.54) is 22.8 Å². The Morgan fingerprint density at radius 1 is 0.893 bits per heavy atom. The minimum absolute atomic E-state index is 0.00468. The first kappa shape index (κ1) is 40.8. The molecule has 0 aliphatic carbocycles. The van der Waals surface area contributed by atoms with Gasteiger partial charge in [0.05, 0.1) is 12.1 Å². The molecule has 3 aromatic rings. The predicted octanol–water partition coefficient (Wildman–Crippen LogP) is 6.54. The number of hydrogen-bond donors (Lipinski definition) is 2. The lowest BCUT2D eigenvalue weighted by Gasteiger charge is -2.36. The van der Waals surface area contributed by atoms with E-state index in [0.717, 1.165) is 6.07 Å². The predicted molar refractivity (Wildman–Crippen MR) is 197 cm³/mol. The molecule has 2 amide bonds. The average molecular weight is 790 g/mol. The van der Waals surface area contributed by atoms with Gasteiger partial charge < -0.3 is 19.5 Å². The van der Waals surface area contributed by atoms with Crippen LogP contribution in [0.15, 0.2) is 47.4 Å². The summed E-state index contributed by atoms with van der Waals surface area (Å²) in [7, 11) is 1.59. The number of imide groups is 1. The maximum Gasteiger partial charge on any atom is 0.573 e. The molecule has 4 heterocycles. The van der Waals surface area contributed by atoms with Crippen LogP contribution in [0, 0.1) is 25.7 Å². The summed E-state index contributed by atoms with van der Waals surface area (Å²) in [6.07, 6.45) is -5.26. The Kier molecular flexibility index (Phi) is 11.9. The van der Waals surface area contributed by atoms with E-state index >= 15 is 0 Å². The van der Waals surface area contributed by atoms with Crippen molar-refractivity contribution in [3.05, 3.63) is 75.2 Å². The zero-order valence-corrected chi connectivity index (χ0v) is 31.4. The Bertz CT molecular complexity index is 2030. The monoisotopic (exact) mass is 789 g/mol. The van der Waals surface area contributed by atoms with Gasteiger partial charge in [0.15, 0.2) is 0 Å². The summed E-state index contributed by atoms with van der Waals surface area (Å²) in [5.41, 5.74) is 1.80. The molecule has 3 saturated heterocycles. The second kappa shape index (κ2) is 16.3. The second-order valence-electron chi connectivity index (χ2n) is 15.1. The molecule has 0 saturated carbocycles. The van der Waals surface area contributed by atoms with Crippen molar-refractivity contribution in [1.82, 2.24) is 14.8 Å². The lowest BCUT2D eigenvalue weighted by Crippen LogP contribution is -2.47. The van der Waals surface area contributed by atoms with Crippen molar-refractivity contribution in [2.75, 3.05) is 42.9 Å². The number of halogens is 6. The number of Topliss-reactive ketones (excluding diaryl/α,β-unsaturated/α-hetero) is 1. The third kappa shape index (κ3) is 9.56. The highest BCUT2D eigenvalue weighted by Gasteiger charge is 2.38. The summed E-state index contributed by atoms with van der Waals surface area (Å²) in [5.74, 6) is -1.54. The van der Waals surface area contributed by atoms with Gasteiger partial charge >= 0.3 is 12.5 Å². The van der Waals surface area contributed by atoms with Gasteiger partial charge in [-0.25, -0.2) is 0 Å². The van der Waals surface area contributed by atoms with Crippen LogP contribution in [0.3, 0.4) is 0 Å². The fourth-order valence-corrected chi connectivity index (χ4v) is 7.99. The van der Waals surface area contributed by atoms with Crippen molar-refractivity contribution in [3.8, 4) is 16.9 Å². The number of aryl methyl sites for hydroxylation is 1. The van der Waals surface area contributed by atoms with Crippen LogP contribution in [0.25, 0.3) is 11.1 Å². The molecular weight excluding hydrogens is 744 g/mol. The number of benzene rings is 2. The Hall–Kier alpha value is -4.86. The van der Waals surface area contributed by atoms with Gasteiger partial charge in [0, 0.05) is 61.2 Å². The van der Waals surface area contributed by atoms with Crippen LogP contribution >= 0.6 is 0 Å². The molecule has 3 aliphatic rings. The van der Waals surface area contributed by atoms with E-state index in [-0.39, 0.29) is 72.8 Å². The van der Waals surface area contributed by atoms with Crippen molar-refractivity contribution in [1.29, 1.82) is 0 Å². The molecule has 0 bridgehead atoms. The third-order valence-corrected chi connectivity index (χ3v) is 11.3. The number of anilines is 2. The Morgan fingerprint density at radius 2 is 1.59 bits per heavy atom. The first-order valence-corrected chi connectivity index (χ1v) is 18.7. The first-order chi connectivity index (χ1) is 26.4. The number of hydrogen-bond acceptors (Lipinski definition) is 8. The van der Waals surface area contributed by atoms with Gasteiger partial charge in [0.25, 0.3) is 5.56 Å². The van der Waals surface area contributed by atoms with Gasteiger partial charge in [-0.1, -0.05) is 12.1 Å². The molecule has 0 spiro atoms. The normalized spacial score (nSPS) is 19.2. The number of piperidine rings is 3. The van der Waals surface area contributed by atoms with Gasteiger partial charge in [-0.05, 0) is 112 Å². The number of rotatable bonds is 10. The van der Waals surface area contributed by atoms with Crippen LogP contribution in [0.5, 0.6) is 5.75 Å². The number of alkyl halides is 6. The summed E-state index contributed by atoms with van der Waals surface area (Å²) in [6, 6.07) is 7.74. The number of aromatic nitrogens is 1. The van der Waals surface area contributed by atoms with Crippen molar-refractivity contribution >= 4 is 29.0 Å². The molecular formula is C40H45F6N5O5. The Balaban J connectivity index is 1.03. The van der Waals surface area contributed by atoms with Gasteiger partial charge in [0.2, 0.25) is 11.8 Å². The number of ether oxygens (including phenoxy) is 1. The van der Waals surface area contributed by atoms with Crippen LogP contribution in [0.4, 0.5) is 37.7 Å². The number of nitrogens with one attached hydrogen (secondary N) is 2. The van der Waals surface area contributed by atoms with Crippen molar-refractivity contribution in [2.45, 2.75) is 77.4 Å². The minimum Gasteiger partial charge on any atom is -0.405 e. The van der Waals surface area contributed by atoms with Gasteiger partial charge in [0.1, 0.15) is 17.6 Å². The average Bonchev–Trinajstić information content (AvgIpc) is 3.14. The third-order valence-electron chi connectivity index (χ3n) is 11.3. The van der Waals surface area contributed by atoms with Crippen molar-refractivity contribution in [3.63, 3.8) is 0 Å². The molecule has 1 unspecified atom stereocenters. The molecule has 1 aromatic heterocycles. The highest BCUT2D eigenvalue weighted by molar-refractivity contribution is 6.01. The summed E-state index contributed by atoms with van der Waals surface area (Å²) in [5, 5.41) is 4.99. The Morgan fingerprint density at radius 3 is 2.23 bits per heavy atom. The number of carbonyl (C=O) groups is 3. The van der Waals surface area contributed by atoms with Crippen LogP contribution in [-0.4, -0.2) is 72.2 Å². The zero-order valence-electron chi connectivity index (χ0n) is 31.4. The number of nitrogens with zero attached hydrogens (tertiary/aromatic N) is 3. The molecule has 56 heavy (non-hydrogen) atoms. The second-order valence-corrected chi connectivity index (χ2v) is 15.1. The fraction of sp³-hybridized carbons (Fsp3) is 0.500. The number of amides is 2. The van der Waals surface area contributed by atoms with E-state index in [4.69, 9.17) is 0 Å². The molecule has 2 aromatic carbocycles. The van der Waals surface area contributed by atoms with Crippen LogP contribution in [0.1, 0.15) is 60.8 Å². The van der Waals surface area contributed by atoms with Crippen molar-refractivity contribution < 1.29 is 45.5 Å². The molecule has 2 N–H and O–H groups in total. The standard InChI is InChI=1S/C40H45F6N5O5/c1-23-24(2)38(55)49(3)21-30(23)27-4-5-28(35(19-27)56-40(44,45)46)18-25-10-14-50(15-11-25)22-34(52)26-12-16-51(17-13-26)33-8-6-29(20-31(33)39(41,42)43)47-32-7-9-36(53)48-37(32)54/h4-6,8,19-21,25-26,32,47H,7,9-18,22H2,1-3H3,(H,48,53,54). The van der Waals surface area contributed by atoms with E-state index < -0.39 is 36.0 Å². The fourth-order valence-electron chi connectivity index (χ4n) is 7.99. The van der Waals surface area contributed by atoms with E-state index in [0.29, 0.717) is 73.0 Å². The quantitative estimate of drug-likeness (QED) is 0.176. The summed E-state index contributed by atoms with van der Waals surface area (Å²) >= 11 is 0. The van der Waals surface area contributed by atoms with Crippen LogP contribution in [-0.2, 0) is 34.0 Å². The zero-order chi connectivity index (χ0) is 40.5. The minimum atomic E-state index is -4.90. The van der Waals surface area contributed by atoms with Crippen molar-refractivity contribution in [2.24, 2.45) is 18.9 Å². The number of ketones is 1. The molecule has 6 rings (SSSR count). The van der Waals surface area contributed by atoms with Gasteiger partial charge in [-0.15, -0.1) is 13.2 Å². The molecule has 16 heteroatoms. The first-order valence-electron chi connectivity index (χ1n) is 18.7. The largest absolute Gasteiger partial charge is 0.573 e. The smallest absolute Gasteiger partial charge is 0.405 e. The number of pyridine rings is 1. The molecule has 3 fully saturated rings. The lowest BCUT2D eigenvalue weighted by atomic mass is 9.88. The van der Waals surface area contributed by atoms with E-state index in [9.17, 15) is 45.5 Å². The number of likely N-dealkylation sites (tertiary alicyclic amines) is 1. The van der Waals surface area contributed by atoms with E-state index in [1.54, 1.807) is 44.1 Å². The van der Waals surface area contributed by atoms with Crippen LogP contribution < -0.4 is 25.8 Å². The maximum absolute atomic E-state index is 14.2. The summed E-state index contributed by atoms with van der Waals surface area (Å²) in [6.45, 7) is 5.29. The number of carbonyl (C=O) groups excluding carboxylic acids is 3. The lowest BCUT2D eigenvalue weighted by molar-refractivity contribution is -0.274. The summed E-state index contributed by atoms with van der Waals surface area (Å²) in [4.78, 5) is 52.9. The molecule has 302 valence electrons. The van der Waals surface area contributed by atoms with E-state index in [2.05, 4.69) is 15.4 Å². The topological polar surface area (TPSA) is 113 Å². The molecule has 10 nitrogen and oxygen atoms in total. The summed E-state index contributed by atoms with van der Waals surface area (Å²) < 4.78 is 89.1. The highest BCUT2D eigenvalue weighted by atomic mass is 19.4. The van der Waals surface area contributed by atoms with Crippen LogP contribution in [0.2, 0.25) is 0 Å².